The number of nitrogens with one attached hydrogen (secondary N) is 1. The highest BCUT2D eigenvalue weighted by Crippen LogP contribution is 2.42. The van der Waals surface area contributed by atoms with Gasteiger partial charge in [0.2, 0.25) is 0 Å². The summed E-state index contributed by atoms with van der Waals surface area (Å²) in [6, 6.07) is 11.0. The number of carbonyl (C=O) groups is 2. The molecule has 2 amide bonds. The van der Waals surface area contributed by atoms with Gasteiger partial charge in [-0.15, -0.1) is 0 Å². The van der Waals surface area contributed by atoms with Gasteiger partial charge in [-0.2, -0.15) is 13.2 Å². The summed E-state index contributed by atoms with van der Waals surface area (Å²) >= 11 is 0. The zero-order chi connectivity index (χ0) is 21.9. The number of nitrogens with two attached hydrogens (primary N) is 1. The average molecular weight is 418 g/mol. The molecule has 3 rings (SSSR count). The van der Waals surface area contributed by atoms with Crippen molar-refractivity contribution >= 4 is 18.0 Å². The maximum atomic E-state index is 14.6. The quantitative estimate of drug-likeness (QED) is 0.418. The van der Waals surface area contributed by atoms with Crippen LogP contribution in [0.1, 0.15) is 15.9 Å². The Morgan fingerprint density at radius 1 is 1.03 bits per heavy atom. The molecule has 3 aromatic rings. The van der Waals surface area contributed by atoms with Crippen LogP contribution in [0.4, 0.5) is 28.0 Å². The number of hydrogen-bond acceptors (Lipinski definition) is 3. The number of benzene rings is 3. The first-order valence-corrected chi connectivity index (χ1v) is 8.48. The van der Waals surface area contributed by atoms with Gasteiger partial charge in [-0.05, 0) is 54.6 Å². The topological polar surface area (TPSA) is 81.4 Å². The minimum Gasteiger partial charge on any atom is -0.457 e. The normalized spacial score (nSPS) is 11.1. The van der Waals surface area contributed by atoms with Gasteiger partial charge in [0.15, 0.2) is 0 Å². The number of anilines is 1. The van der Waals surface area contributed by atoms with Gasteiger partial charge in [-0.1, -0.05) is 6.07 Å². The minimum atomic E-state index is -4.71. The molecule has 0 unspecified atom stereocenters. The fourth-order valence-corrected chi connectivity index (χ4v) is 2.77. The number of halogens is 4. The Morgan fingerprint density at radius 3 is 2.33 bits per heavy atom. The molecule has 3 N–H and O–H groups in total. The fraction of sp³-hybridized carbons (Fsp3) is 0.0476. The van der Waals surface area contributed by atoms with Gasteiger partial charge in [0.25, 0.3) is 0 Å². The van der Waals surface area contributed by atoms with Crippen LogP contribution < -0.4 is 15.8 Å². The van der Waals surface area contributed by atoms with Gasteiger partial charge in [0.05, 0.1) is 16.8 Å². The minimum absolute atomic E-state index is 0.0293. The van der Waals surface area contributed by atoms with Crippen LogP contribution in [0.3, 0.4) is 0 Å². The lowest BCUT2D eigenvalue weighted by Crippen LogP contribution is -2.20. The third kappa shape index (κ3) is 4.57. The van der Waals surface area contributed by atoms with E-state index in [4.69, 9.17) is 10.5 Å². The molecule has 0 aliphatic rings. The first kappa shape index (κ1) is 20.8. The van der Waals surface area contributed by atoms with Crippen molar-refractivity contribution in [1.82, 2.24) is 0 Å². The third-order valence-electron chi connectivity index (χ3n) is 4.09. The summed E-state index contributed by atoms with van der Waals surface area (Å²) in [5.74, 6) is -0.744. The number of urea groups is 1. The van der Waals surface area contributed by atoms with E-state index >= 15 is 0 Å². The molecule has 5 nitrogen and oxygen atoms in total. The Labute approximate surface area is 168 Å². The van der Waals surface area contributed by atoms with Crippen molar-refractivity contribution in [3.8, 4) is 22.6 Å². The van der Waals surface area contributed by atoms with Gasteiger partial charge in [-0.3, -0.25) is 4.79 Å². The molecule has 0 bridgehead atoms. The summed E-state index contributed by atoms with van der Waals surface area (Å²) < 4.78 is 59.8. The van der Waals surface area contributed by atoms with Crippen LogP contribution in [0.25, 0.3) is 11.1 Å². The van der Waals surface area contributed by atoms with E-state index < -0.39 is 29.2 Å². The van der Waals surface area contributed by atoms with Crippen molar-refractivity contribution in [2.75, 3.05) is 5.32 Å². The molecule has 0 aliphatic carbocycles. The second-order valence-corrected chi connectivity index (χ2v) is 6.15. The monoisotopic (exact) mass is 418 g/mol. The molecule has 0 aromatic heterocycles. The number of carbonyl (C=O) groups excluding carboxylic acids is 2. The predicted molar refractivity (Wildman–Crippen MR) is 102 cm³/mol. The maximum absolute atomic E-state index is 14.6. The zero-order valence-corrected chi connectivity index (χ0v) is 15.2. The van der Waals surface area contributed by atoms with Crippen LogP contribution in [-0.4, -0.2) is 12.3 Å². The van der Waals surface area contributed by atoms with Gasteiger partial charge < -0.3 is 15.8 Å². The highest BCUT2D eigenvalue weighted by atomic mass is 19.4. The molecular formula is C21H14F4N2O3. The lowest BCUT2D eigenvalue weighted by Gasteiger charge is -2.17. The molecule has 154 valence electrons. The van der Waals surface area contributed by atoms with Crippen LogP contribution in [0, 0.1) is 5.82 Å². The first-order chi connectivity index (χ1) is 14.2. The van der Waals surface area contributed by atoms with Crippen molar-refractivity contribution in [1.29, 1.82) is 0 Å². The smallest absolute Gasteiger partial charge is 0.416 e. The fourth-order valence-electron chi connectivity index (χ4n) is 2.77. The number of rotatable bonds is 5. The van der Waals surface area contributed by atoms with E-state index in [0.717, 1.165) is 0 Å². The van der Waals surface area contributed by atoms with E-state index in [1.54, 1.807) is 0 Å². The second kappa shape index (κ2) is 8.24. The first-order valence-electron chi connectivity index (χ1n) is 8.48. The van der Waals surface area contributed by atoms with Crippen molar-refractivity contribution in [2.45, 2.75) is 6.18 Å². The number of hydrogen-bond donors (Lipinski definition) is 2. The molecule has 0 saturated carbocycles. The van der Waals surface area contributed by atoms with Gasteiger partial charge in [0.1, 0.15) is 23.6 Å². The number of alkyl halides is 3. The lowest BCUT2D eigenvalue weighted by molar-refractivity contribution is -0.137. The van der Waals surface area contributed by atoms with Crippen LogP contribution in [-0.2, 0) is 6.18 Å². The number of primary amides is 1. The van der Waals surface area contributed by atoms with Gasteiger partial charge in [0, 0.05) is 11.1 Å². The summed E-state index contributed by atoms with van der Waals surface area (Å²) in [7, 11) is 0. The van der Waals surface area contributed by atoms with E-state index in [-0.39, 0.29) is 22.7 Å². The van der Waals surface area contributed by atoms with Gasteiger partial charge in [-0.25, -0.2) is 9.18 Å². The Bertz CT molecular complexity index is 1100. The Balaban J connectivity index is 2.18. The van der Waals surface area contributed by atoms with E-state index in [2.05, 4.69) is 5.32 Å². The SMILES string of the molecule is NC(=O)Nc1cccc(Oc2ccc(C=O)cc2)c1-c1cc(C(F)(F)F)ccc1F. The molecule has 3 aromatic carbocycles. The van der Waals surface area contributed by atoms with Crippen molar-refractivity contribution in [2.24, 2.45) is 5.73 Å². The predicted octanol–water partition coefficient (Wildman–Crippen LogP) is 5.61. The van der Waals surface area contributed by atoms with Crippen molar-refractivity contribution in [3.05, 3.63) is 77.6 Å². The maximum Gasteiger partial charge on any atom is 0.416 e. The van der Waals surface area contributed by atoms with E-state index in [1.165, 1.54) is 42.5 Å². The third-order valence-corrected chi connectivity index (χ3v) is 4.09. The molecule has 0 aliphatic heterocycles. The summed E-state index contributed by atoms with van der Waals surface area (Å²) in [4.78, 5) is 22.2. The number of amides is 2. The summed E-state index contributed by atoms with van der Waals surface area (Å²) in [6.45, 7) is 0. The summed E-state index contributed by atoms with van der Waals surface area (Å²) in [5.41, 5.74) is 3.85. The standard InChI is InChI=1S/C21H14F4N2O3/c22-16-9-6-13(21(23,24)25)10-15(16)19-17(27-20(26)29)2-1-3-18(19)30-14-7-4-12(11-28)5-8-14/h1-11H,(H3,26,27,29). The molecule has 0 saturated heterocycles. The molecular weight excluding hydrogens is 404 g/mol. The number of aldehydes is 1. The Hall–Kier alpha value is -3.88. The van der Waals surface area contributed by atoms with Crippen LogP contribution >= 0.6 is 0 Å². The molecule has 0 spiro atoms. The Morgan fingerprint density at radius 2 is 1.73 bits per heavy atom. The molecule has 30 heavy (non-hydrogen) atoms. The lowest BCUT2D eigenvalue weighted by atomic mass is 9.99. The highest BCUT2D eigenvalue weighted by Gasteiger charge is 2.32. The van der Waals surface area contributed by atoms with Crippen molar-refractivity contribution < 1.29 is 31.9 Å². The Kier molecular flexibility index (Phi) is 5.72. The molecule has 9 heteroatoms. The molecule has 0 heterocycles. The number of ether oxygens (including phenoxy) is 1. The van der Waals surface area contributed by atoms with Crippen LogP contribution in [0.5, 0.6) is 11.5 Å². The largest absolute Gasteiger partial charge is 0.457 e. The zero-order valence-electron chi connectivity index (χ0n) is 15.2. The van der Waals surface area contributed by atoms with E-state index in [9.17, 15) is 27.2 Å². The molecule has 0 radical (unpaired) electrons. The molecule has 0 fully saturated rings. The second-order valence-electron chi connectivity index (χ2n) is 6.15. The summed E-state index contributed by atoms with van der Waals surface area (Å²) in [5, 5.41) is 2.27. The highest BCUT2D eigenvalue weighted by molar-refractivity contribution is 5.95. The van der Waals surface area contributed by atoms with Gasteiger partial charge >= 0.3 is 12.2 Å². The summed E-state index contributed by atoms with van der Waals surface area (Å²) in [6.07, 6.45) is -4.08. The molecule has 0 atom stereocenters. The van der Waals surface area contributed by atoms with E-state index in [1.807, 2.05) is 0 Å². The van der Waals surface area contributed by atoms with E-state index in [0.29, 0.717) is 30.0 Å². The van der Waals surface area contributed by atoms with Crippen LogP contribution in [0.15, 0.2) is 60.7 Å². The van der Waals surface area contributed by atoms with Crippen molar-refractivity contribution in [3.63, 3.8) is 0 Å². The van der Waals surface area contributed by atoms with Crippen LogP contribution in [0.2, 0.25) is 0 Å². The average Bonchev–Trinajstić information content (AvgIpc) is 2.68.